The standard InChI is InChI=1S/C4H5Cl3O.H2O/c1-3(5)4(6,7)2-8;/h2-3H,1H3;1H2. The highest BCUT2D eigenvalue weighted by Gasteiger charge is 2.28. The van der Waals surface area contributed by atoms with E-state index in [9.17, 15) is 4.79 Å². The minimum Gasteiger partial charge on any atom is -0.412 e. The van der Waals surface area contributed by atoms with Crippen LogP contribution in [-0.2, 0) is 4.79 Å². The predicted molar refractivity (Wildman–Crippen MR) is 39.4 cm³/mol. The Kier molecular flexibility index (Phi) is 5.88. The summed E-state index contributed by atoms with van der Waals surface area (Å²) in [4.78, 5) is 9.92. The van der Waals surface area contributed by atoms with Gasteiger partial charge in [0, 0.05) is 0 Å². The maximum Gasteiger partial charge on any atom is 0.188 e. The first kappa shape index (κ1) is 12.2. The van der Waals surface area contributed by atoms with Gasteiger partial charge in [-0.1, -0.05) is 23.2 Å². The third-order valence-corrected chi connectivity index (χ3v) is 2.09. The molecular formula is C4H7Cl3O2. The third-order valence-electron chi connectivity index (χ3n) is 0.687. The van der Waals surface area contributed by atoms with Crippen molar-refractivity contribution in [3.63, 3.8) is 0 Å². The summed E-state index contributed by atoms with van der Waals surface area (Å²) >= 11 is 16.0. The van der Waals surface area contributed by atoms with Gasteiger partial charge in [-0.15, -0.1) is 11.6 Å². The molecule has 0 heterocycles. The molecule has 0 saturated heterocycles. The number of aldehydes is 1. The van der Waals surface area contributed by atoms with Gasteiger partial charge in [0.05, 0.1) is 5.38 Å². The zero-order valence-electron chi connectivity index (χ0n) is 4.70. The van der Waals surface area contributed by atoms with Gasteiger partial charge < -0.3 is 5.48 Å². The summed E-state index contributed by atoms with van der Waals surface area (Å²) in [6, 6.07) is 0. The normalized spacial score (nSPS) is 13.8. The van der Waals surface area contributed by atoms with E-state index in [1.807, 2.05) is 0 Å². The van der Waals surface area contributed by atoms with Crippen molar-refractivity contribution in [2.45, 2.75) is 16.6 Å². The Balaban J connectivity index is 0. The predicted octanol–water partition coefficient (Wildman–Crippen LogP) is 1.16. The third kappa shape index (κ3) is 3.98. The maximum atomic E-state index is 9.92. The molecule has 0 aromatic heterocycles. The zero-order chi connectivity index (χ0) is 6.78. The Labute approximate surface area is 68.4 Å². The van der Waals surface area contributed by atoms with Crippen LogP contribution in [-0.4, -0.2) is 21.5 Å². The SMILES string of the molecule is CC(Cl)C(Cl)(Cl)C=O.O. The molecule has 0 aliphatic heterocycles. The van der Waals surface area contributed by atoms with Crippen molar-refractivity contribution in [2.24, 2.45) is 0 Å². The summed E-state index contributed by atoms with van der Waals surface area (Å²) in [6.07, 6.45) is 0.410. The minimum absolute atomic E-state index is 0. The highest BCUT2D eigenvalue weighted by atomic mass is 35.5. The van der Waals surface area contributed by atoms with E-state index in [0.717, 1.165) is 0 Å². The van der Waals surface area contributed by atoms with Crippen LogP contribution in [0, 0.1) is 0 Å². The number of halogens is 3. The summed E-state index contributed by atoms with van der Waals surface area (Å²) in [5.74, 6) is 0. The topological polar surface area (TPSA) is 48.6 Å². The van der Waals surface area contributed by atoms with Gasteiger partial charge in [0.25, 0.3) is 0 Å². The van der Waals surface area contributed by atoms with Gasteiger partial charge in [0.1, 0.15) is 0 Å². The van der Waals surface area contributed by atoms with Crippen molar-refractivity contribution in [3.8, 4) is 0 Å². The van der Waals surface area contributed by atoms with E-state index in [4.69, 9.17) is 34.8 Å². The first-order valence-corrected chi connectivity index (χ1v) is 3.18. The van der Waals surface area contributed by atoms with Crippen molar-refractivity contribution < 1.29 is 10.3 Å². The molecule has 0 bridgehead atoms. The number of carbonyl (C=O) groups is 1. The molecule has 0 aliphatic carbocycles. The molecule has 1 atom stereocenters. The lowest BCUT2D eigenvalue weighted by Crippen LogP contribution is -2.24. The summed E-state index contributed by atoms with van der Waals surface area (Å²) in [5, 5.41) is -0.552. The van der Waals surface area contributed by atoms with Gasteiger partial charge in [-0.25, -0.2) is 0 Å². The van der Waals surface area contributed by atoms with E-state index in [0.29, 0.717) is 6.29 Å². The van der Waals surface area contributed by atoms with Crippen molar-refractivity contribution in [1.29, 1.82) is 0 Å². The summed E-state index contributed by atoms with van der Waals surface area (Å²) in [7, 11) is 0. The van der Waals surface area contributed by atoms with Gasteiger partial charge in [-0.2, -0.15) is 0 Å². The molecule has 1 unspecified atom stereocenters. The average Bonchev–Trinajstić information content (AvgIpc) is 1.67. The van der Waals surface area contributed by atoms with Crippen LogP contribution >= 0.6 is 34.8 Å². The molecule has 0 aliphatic rings. The number of rotatable bonds is 2. The average molecular weight is 193 g/mol. The van der Waals surface area contributed by atoms with Crippen molar-refractivity contribution in [2.75, 3.05) is 0 Å². The van der Waals surface area contributed by atoms with Crippen molar-refractivity contribution in [1.82, 2.24) is 0 Å². The highest BCUT2D eigenvalue weighted by Crippen LogP contribution is 2.25. The van der Waals surface area contributed by atoms with Crippen molar-refractivity contribution in [3.05, 3.63) is 0 Å². The molecule has 0 rings (SSSR count). The lowest BCUT2D eigenvalue weighted by molar-refractivity contribution is -0.108. The number of hydrogen-bond acceptors (Lipinski definition) is 1. The zero-order valence-corrected chi connectivity index (χ0v) is 6.96. The fourth-order valence-electron chi connectivity index (χ4n) is 0.0938. The van der Waals surface area contributed by atoms with Gasteiger partial charge in [-0.3, -0.25) is 4.79 Å². The molecule has 9 heavy (non-hydrogen) atoms. The van der Waals surface area contributed by atoms with Crippen LogP contribution in [0.3, 0.4) is 0 Å². The monoisotopic (exact) mass is 192 g/mol. The van der Waals surface area contributed by atoms with Crippen LogP contribution < -0.4 is 0 Å². The largest absolute Gasteiger partial charge is 0.412 e. The quantitative estimate of drug-likeness (QED) is 0.480. The molecule has 0 radical (unpaired) electrons. The second-order valence-electron chi connectivity index (χ2n) is 1.41. The molecule has 0 spiro atoms. The second kappa shape index (κ2) is 4.34. The Morgan fingerprint density at radius 2 is 1.89 bits per heavy atom. The van der Waals surface area contributed by atoms with Crippen LogP contribution in [0.1, 0.15) is 6.92 Å². The summed E-state index contributed by atoms with van der Waals surface area (Å²) in [6.45, 7) is 1.55. The van der Waals surface area contributed by atoms with E-state index < -0.39 is 9.71 Å². The summed E-state index contributed by atoms with van der Waals surface area (Å²) in [5.41, 5.74) is 0. The van der Waals surface area contributed by atoms with E-state index in [2.05, 4.69) is 0 Å². The van der Waals surface area contributed by atoms with Gasteiger partial charge in [0.2, 0.25) is 0 Å². The van der Waals surface area contributed by atoms with Gasteiger partial charge >= 0.3 is 0 Å². The molecular weight excluding hydrogens is 186 g/mol. The Morgan fingerprint density at radius 1 is 1.56 bits per heavy atom. The molecule has 5 heteroatoms. The number of carbonyl (C=O) groups excluding carboxylic acids is 1. The lowest BCUT2D eigenvalue weighted by Gasteiger charge is -2.12. The van der Waals surface area contributed by atoms with Gasteiger partial charge in [-0.05, 0) is 6.92 Å². The van der Waals surface area contributed by atoms with Crippen LogP contribution in [0.15, 0.2) is 0 Å². The van der Waals surface area contributed by atoms with E-state index >= 15 is 0 Å². The fraction of sp³-hybridized carbons (Fsp3) is 0.750. The van der Waals surface area contributed by atoms with Crippen molar-refractivity contribution >= 4 is 41.1 Å². The second-order valence-corrected chi connectivity index (χ2v) is 3.51. The molecule has 0 fully saturated rings. The Morgan fingerprint density at radius 3 is 1.89 bits per heavy atom. The maximum absolute atomic E-state index is 9.92. The first-order chi connectivity index (χ1) is 3.50. The van der Waals surface area contributed by atoms with Crippen LogP contribution in [0.25, 0.3) is 0 Å². The number of alkyl halides is 3. The first-order valence-electron chi connectivity index (χ1n) is 1.99. The molecule has 56 valence electrons. The Bertz CT molecular complexity index is 91.8. The Hall–Kier alpha value is 0.500. The number of hydrogen-bond donors (Lipinski definition) is 0. The van der Waals surface area contributed by atoms with E-state index in [1.165, 1.54) is 0 Å². The molecule has 0 aromatic carbocycles. The molecule has 0 amide bonds. The van der Waals surface area contributed by atoms with E-state index in [1.54, 1.807) is 6.92 Å². The van der Waals surface area contributed by atoms with Crippen LogP contribution in [0.5, 0.6) is 0 Å². The van der Waals surface area contributed by atoms with Crippen LogP contribution in [0.4, 0.5) is 0 Å². The molecule has 2 nitrogen and oxygen atoms in total. The molecule has 2 N–H and O–H groups in total. The lowest BCUT2D eigenvalue weighted by atomic mass is 10.3. The fourth-order valence-corrected chi connectivity index (χ4v) is 0.145. The van der Waals surface area contributed by atoms with Crippen LogP contribution in [0.2, 0.25) is 0 Å². The highest BCUT2D eigenvalue weighted by molar-refractivity contribution is 6.59. The smallest absolute Gasteiger partial charge is 0.188 e. The minimum atomic E-state index is -1.43. The van der Waals surface area contributed by atoms with E-state index in [-0.39, 0.29) is 5.48 Å². The molecule has 0 saturated carbocycles. The summed E-state index contributed by atoms with van der Waals surface area (Å²) < 4.78 is -1.43. The molecule has 0 aromatic rings. The van der Waals surface area contributed by atoms with Gasteiger partial charge in [0.15, 0.2) is 10.6 Å².